The van der Waals surface area contributed by atoms with E-state index >= 15 is 0 Å². The predicted molar refractivity (Wildman–Crippen MR) is 38.5 cm³/mol. The minimum atomic E-state index is -2.87. The molecule has 0 fully saturated rings. The van der Waals surface area contributed by atoms with E-state index in [-0.39, 0.29) is 12.1 Å². The van der Waals surface area contributed by atoms with Crippen LogP contribution in [0.25, 0.3) is 0 Å². The summed E-state index contributed by atoms with van der Waals surface area (Å²) in [5.41, 5.74) is -0.944. The highest BCUT2D eigenvalue weighted by molar-refractivity contribution is 5.22. The van der Waals surface area contributed by atoms with Crippen LogP contribution in [0.4, 0.5) is 13.2 Å². The van der Waals surface area contributed by atoms with Gasteiger partial charge in [-0.05, 0) is 6.07 Å². The van der Waals surface area contributed by atoms with Crippen LogP contribution in [0.5, 0.6) is 0 Å². The Morgan fingerprint density at radius 3 is 2.77 bits per heavy atom. The van der Waals surface area contributed by atoms with E-state index in [1.807, 2.05) is 0 Å². The minimum absolute atomic E-state index is 0.236. The number of pyridine rings is 1. The highest BCUT2D eigenvalue weighted by Crippen LogP contribution is 2.22. The zero-order valence-corrected chi connectivity index (χ0v) is 6.47. The van der Waals surface area contributed by atoms with Gasteiger partial charge in [-0.1, -0.05) is 0 Å². The molecular formula is C8H5F3N2. The molecule has 1 heterocycles. The van der Waals surface area contributed by atoms with Crippen LogP contribution in [0, 0.1) is 17.1 Å². The fourth-order valence-electron chi connectivity index (χ4n) is 0.871. The molecule has 1 aromatic rings. The summed E-state index contributed by atoms with van der Waals surface area (Å²) in [7, 11) is 0. The van der Waals surface area contributed by atoms with Crippen molar-refractivity contribution in [3.8, 4) is 6.07 Å². The maximum absolute atomic E-state index is 13.0. The molecule has 1 rings (SSSR count). The summed E-state index contributed by atoms with van der Waals surface area (Å²) in [6.07, 6.45) is -2.11. The van der Waals surface area contributed by atoms with Gasteiger partial charge in [0.15, 0.2) is 5.82 Å². The van der Waals surface area contributed by atoms with Crippen molar-refractivity contribution >= 4 is 0 Å². The molecule has 0 amide bonds. The number of nitrogens with zero attached hydrogens (tertiary/aromatic N) is 2. The normalized spacial score (nSPS) is 10.1. The first kappa shape index (κ1) is 9.52. The molecule has 0 aliphatic heterocycles. The van der Waals surface area contributed by atoms with Gasteiger partial charge >= 0.3 is 0 Å². The van der Waals surface area contributed by atoms with Crippen molar-refractivity contribution in [3.05, 3.63) is 29.3 Å². The number of hydrogen-bond acceptors (Lipinski definition) is 2. The SMILES string of the molecule is N#CCc1nccc(C(F)F)c1F. The van der Waals surface area contributed by atoms with Crippen LogP contribution in [-0.2, 0) is 6.42 Å². The molecule has 5 heteroatoms. The Kier molecular flexibility index (Phi) is 2.85. The van der Waals surface area contributed by atoms with E-state index in [9.17, 15) is 13.2 Å². The van der Waals surface area contributed by atoms with Crippen LogP contribution < -0.4 is 0 Å². The van der Waals surface area contributed by atoms with E-state index in [1.165, 1.54) is 0 Å². The minimum Gasteiger partial charge on any atom is -0.257 e. The lowest BCUT2D eigenvalue weighted by Gasteiger charge is -2.03. The third-order valence-electron chi connectivity index (χ3n) is 1.47. The number of alkyl halides is 2. The summed E-state index contributed by atoms with van der Waals surface area (Å²) in [6, 6.07) is 2.55. The Balaban J connectivity index is 3.12. The van der Waals surface area contributed by atoms with Crippen molar-refractivity contribution in [1.82, 2.24) is 4.98 Å². The highest BCUT2D eigenvalue weighted by Gasteiger charge is 2.16. The van der Waals surface area contributed by atoms with Gasteiger partial charge in [-0.3, -0.25) is 4.98 Å². The number of nitriles is 1. The zero-order chi connectivity index (χ0) is 9.84. The molecule has 0 unspecified atom stereocenters. The topological polar surface area (TPSA) is 36.7 Å². The second-order valence-corrected chi connectivity index (χ2v) is 2.30. The molecule has 0 aliphatic rings. The van der Waals surface area contributed by atoms with Gasteiger partial charge in [0.05, 0.1) is 23.7 Å². The quantitative estimate of drug-likeness (QED) is 0.710. The van der Waals surface area contributed by atoms with Crippen molar-refractivity contribution < 1.29 is 13.2 Å². The summed E-state index contributed by atoms with van der Waals surface area (Å²) >= 11 is 0. The molecule has 0 atom stereocenters. The molecule has 0 radical (unpaired) electrons. The van der Waals surface area contributed by atoms with Gasteiger partial charge in [-0.2, -0.15) is 5.26 Å². The first-order chi connectivity index (χ1) is 6.16. The lowest BCUT2D eigenvalue weighted by atomic mass is 10.2. The zero-order valence-electron chi connectivity index (χ0n) is 6.47. The Hall–Kier alpha value is -1.57. The molecule has 2 nitrogen and oxygen atoms in total. The van der Waals surface area contributed by atoms with Crippen LogP contribution >= 0.6 is 0 Å². The Morgan fingerprint density at radius 1 is 1.54 bits per heavy atom. The monoisotopic (exact) mass is 186 g/mol. The molecule has 0 N–H and O–H groups in total. The van der Waals surface area contributed by atoms with Crippen molar-refractivity contribution in [1.29, 1.82) is 5.26 Å². The molecule has 0 aromatic carbocycles. The van der Waals surface area contributed by atoms with Crippen molar-refractivity contribution in [3.63, 3.8) is 0 Å². The molecule has 68 valence electrons. The first-order valence-electron chi connectivity index (χ1n) is 3.45. The fourth-order valence-corrected chi connectivity index (χ4v) is 0.871. The number of aromatic nitrogens is 1. The van der Waals surface area contributed by atoms with Crippen molar-refractivity contribution in [2.75, 3.05) is 0 Å². The predicted octanol–water partition coefficient (Wildman–Crippen LogP) is 2.22. The summed E-state index contributed by atoms with van der Waals surface area (Å²) in [5, 5.41) is 8.23. The lowest BCUT2D eigenvalue weighted by Crippen LogP contribution is -1.99. The summed E-state index contributed by atoms with van der Waals surface area (Å²) in [4.78, 5) is 3.48. The number of halogens is 3. The summed E-state index contributed by atoms with van der Waals surface area (Å²) < 4.78 is 37.2. The maximum atomic E-state index is 13.0. The Labute approximate surface area is 72.6 Å². The Bertz CT molecular complexity index is 344. The highest BCUT2D eigenvalue weighted by atomic mass is 19.3. The van der Waals surface area contributed by atoms with E-state index in [0.29, 0.717) is 0 Å². The van der Waals surface area contributed by atoms with Gasteiger partial charge in [-0.15, -0.1) is 0 Å². The van der Waals surface area contributed by atoms with E-state index in [4.69, 9.17) is 5.26 Å². The third kappa shape index (κ3) is 1.96. The summed E-state index contributed by atoms with van der Waals surface area (Å²) in [5.74, 6) is -1.08. The van der Waals surface area contributed by atoms with Gasteiger partial charge in [0.2, 0.25) is 0 Å². The first-order valence-corrected chi connectivity index (χ1v) is 3.45. The van der Waals surface area contributed by atoms with E-state index in [0.717, 1.165) is 12.3 Å². The smallest absolute Gasteiger partial charge is 0.257 e. The number of hydrogen-bond donors (Lipinski definition) is 0. The second kappa shape index (κ2) is 3.90. The molecule has 13 heavy (non-hydrogen) atoms. The van der Waals surface area contributed by atoms with Crippen molar-refractivity contribution in [2.24, 2.45) is 0 Å². The molecule has 0 saturated heterocycles. The van der Waals surface area contributed by atoms with Crippen LogP contribution in [0.3, 0.4) is 0 Å². The number of rotatable bonds is 2. The summed E-state index contributed by atoms with van der Waals surface area (Å²) in [6.45, 7) is 0. The van der Waals surface area contributed by atoms with E-state index in [2.05, 4.69) is 4.98 Å². The van der Waals surface area contributed by atoms with Crippen molar-refractivity contribution in [2.45, 2.75) is 12.8 Å². The average Bonchev–Trinajstić information content (AvgIpc) is 2.08. The second-order valence-electron chi connectivity index (χ2n) is 2.30. The molecule has 1 aromatic heterocycles. The van der Waals surface area contributed by atoms with Gasteiger partial charge in [0.1, 0.15) is 0 Å². The Morgan fingerprint density at radius 2 is 2.23 bits per heavy atom. The molecule has 0 spiro atoms. The largest absolute Gasteiger partial charge is 0.266 e. The third-order valence-corrected chi connectivity index (χ3v) is 1.47. The van der Waals surface area contributed by atoms with Crippen LogP contribution in [0.1, 0.15) is 17.7 Å². The average molecular weight is 186 g/mol. The van der Waals surface area contributed by atoms with Crippen LogP contribution in [0.2, 0.25) is 0 Å². The molecule has 0 aliphatic carbocycles. The van der Waals surface area contributed by atoms with Gasteiger partial charge in [-0.25, -0.2) is 13.2 Å². The van der Waals surface area contributed by atoms with Gasteiger partial charge < -0.3 is 0 Å². The van der Waals surface area contributed by atoms with Gasteiger partial charge in [0.25, 0.3) is 6.43 Å². The molecular weight excluding hydrogens is 181 g/mol. The van der Waals surface area contributed by atoms with Crippen LogP contribution in [-0.4, -0.2) is 4.98 Å². The van der Waals surface area contributed by atoms with E-state index < -0.39 is 17.8 Å². The molecule has 0 saturated carbocycles. The van der Waals surface area contributed by atoms with Gasteiger partial charge in [0, 0.05) is 6.20 Å². The fraction of sp³-hybridized carbons (Fsp3) is 0.250. The maximum Gasteiger partial charge on any atom is 0.266 e. The lowest BCUT2D eigenvalue weighted by molar-refractivity contribution is 0.146. The van der Waals surface area contributed by atoms with E-state index in [1.54, 1.807) is 6.07 Å². The van der Waals surface area contributed by atoms with Crippen LogP contribution in [0.15, 0.2) is 12.3 Å². The standard InChI is InChI=1S/C8H5F3N2/c9-7-5(8(10)11)2-4-13-6(7)1-3-12/h2,4,8H,1H2. The molecule has 0 bridgehead atoms.